The van der Waals surface area contributed by atoms with Gasteiger partial charge in [-0.1, -0.05) is 5.21 Å². The summed E-state index contributed by atoms with van der Waals surface area (Å²) in [5.74, 6) is 0.262. The second-order valence-corrected chi connectivity index (χ2v) is 5.17. The van der Waals surface area contributed by atoms with Crippen molar-refractivity contribution < 1.29 is 9.50 Å². The van der Waals surface area contributed by atoms with Crippen LogP contribution in [0.5, 0.6) is 5.75 Å². The first-order valence-corrected chi connectivity index (χ1v) is 6.75. The number of benzene rings is 2. The number of aromatic nitrogens is 3. The van der Waals surface area contributed by atoms with Gasteiger partial charge in [0.25, 0.3) is 0 Å². The SMILES string of the molecule is Cc1cc(-c2nnn(-c3ccc(O)cc3C)c2N)ccc1F. The molecular weight excluding hydrogens is 283 g/mol. The van der Waals surface area contributed by atoms with E-state index in [2.05, 4.69) is 10.3 Å². The van der Waals surface area contributed by atoms with E-state index in [1.54, 1.807) is 37.3 Å². The molecule has 0 fully saturated rings. The van der Waals surface area contributed by atoms with Gasteiger partial charge in [-0.15, -0.1) is 5.10 Å². The normalized spacial score (nSPS) is 10.9. The highest BCUT2D eigenvalue weighted by Crippen LogP contribution is 2.28. The number of phenols is 1. The number of rotatable bonds is 2. The average Bonchev–Trinajstić information content (AvgIpc) is 2.84. The van der Waals surface area contributed by atoms with Crippen LogP contribution in [0.4, 0.5) is 10.2 Å². The number of aromatic hydroxyl groups is 1. The van der Waals surface area contributed by atoms with Crippen LogP contribution in [0.25, 0.3) is 16.9 Å². The molecule has 1 heterocycles. The standard InChI is InChI=1S/C16H15FN4O/c1-9-7-11(3-5-13(9)17)15-16(18)21(20-19-15)14-6-4-12(22)8-10(14)2/h3-8,22H,18H2,1-2H3. The van der Waals surface area contributed by atoms with Crippen molar-refractivity contribution in [1.82, 2.24) is 15.0 Å². The largest absolute Gasteiger partial charge is 0.508 e. The molecule has 1 aromatic heterocycles. The Hall–Kier alpha value is -2.89. The summed E-state index contributed by atoms with van der Waals surface area (Å²) in [6.45, 7) is 3.53. The van der Waals surface area contributed by atoms with Crippen molar-refractivity contribution in [1.29, 1.82) is 0 Å². The molecule has 0 saturated carbocycles. The summed E-state index contributed by atoms with van der Waals surface area (Å²) in [5, 5.41) is 17.7. The van der Waals surface area contributed by atoms with Gasteiger partial charge in [0.2, 0.25) is 0 Å². The molecule has 0 unspecified atom stereocenters. The maximum absolute atomic E-state index is 13.4. The number of anilines is 1. The summed E-state index contributed by atoms with van der Waals surface area (Å²) in [5.41, 5.74) is 9.42. The third-order valence-corrected chi connectivity index (χ3v) is 3.54. The lowest BCUT2D eigenvalue weighted by atomic mass is 10.1. The molecule has 22 heavy (non-hydrogen) atoms. The van der Waals surface area contributed by atoms with Gasteiger partial charge >= 0.3 is 0 Å². The van der Waals surface area contributed by atoms with E-state index in [4.69, 9.17) is 5.73 Å². The number of hydrogen-bond acceptors (Lipinski definition) is 4. The van der Waals surface area contributed by atoms with E-state index in [1.165, 1.54) is 10.7 Å². The zero-order valence-electron chi connectivity index (χ0n) is 12.2. The number of phenolic OH excluding ortho intramolecular Hbond substituents is 1. The fourth-order valence-corrected chi connectivity index (χ4v) is 2.34. The van der Waals surface area contributed by atoms with Crippen molar-refractivity contribution >= 4 is 5.82 Å². The first kappa shape index (κ1) is 14.1. The van der Waals surface area contributed by atoms with Gasteiger partial charge in [-0.3, -0.25) is 0 Å². The van der Waals surface area contributed by atoms with Gasteiger partial charge in [-0.2, -0.15) is 4.68 Å². The number of nitrogen functional groups attached to an aromatic ring is 1. The molecule has 0 amide bonds. The Morgan fingerprint density at radius 1 is 1.09 bits per heavy atom. The van der Waals surface area contributed by atoms with Gasteiger partial charge in [0, 0.05) is 5.56 Å². The highest BCUT2D eigenvalue weighted by Gasteiger charge is 2.15. The third-order valence-electron chi connectivity index (χ3n) is 3.54. The molecule has 0 bridgehead atoms. The van der Waals surface area contributed by atoms with Crippen LogP contribution >= 0.6 is 0 Å². The lowest BCUT2D eigenvalue weighted by Gasteiger charge is -2.07. The molecular formula is C16H15FN4O. The van der Waals surface area contributed by atoms with Crippen LogP contribution in [0.15, 0.2) is 36.4 Å². The zero-order chi connectivity index (χ0) is 15.9. The molecule has 2 aromatic carbocycles. The van der Waals surface area contributed by atoms with Gasteiger partial charge < -0.3 is 10.8 Å². The second kappa shape index (κ2) is 5.14. The van der Waals surface area contributed by atoms with Crippen LogP contribution in [-0.4, -0.2) is 20.1 Å². The third kappa shape index (κ3) is 2.28. The van der Waals surface area contributed by atoms with Gasteiger partial charge in [0.15, 0.2) is 5.82 Å². The molecule has 0 aliphatic rings. The van der Waals surface area contributed by atoms with Crippen LogP contribution in [0, 0.1) is 19.7 Å². The molecule has 0 aliphatic carbocycles. The van der Waals surface area contributed by atoms with E-state index in [0.717, 1.165) is 11.3 Å². The average molecular weight is 298 g/mol. The fraction of sp³-hybridized carbons (Fsp3) is 0.125. The quantitative estimate of drug-likeness (QED) is 0.762. The van der Waals surface area contributed by atoms with E-state index in [0.29, 0.717) is 22.6 Å². The van der Waals surface area contributed by atoms with Crippen molar-refractivity contribution in [3.63, 3.8) is 0 Å². The Morgan fingerprint density at radius 3 is 2.55 bits per heavy atom. The van der Waals surface area contributed by atoms with E-state index in [9.17, 15) is 9.50 Å². The molecule has 3 rings (SSSR count). The molecule has 0 radical (unpaired) electrons. The van der Waals surface area contributed by atoms with Crippen LogP contribution in [0.3, 0.4) is 0 Å². The summed E-state index contributed by atoms with van der Waals surface area (Å²) in [6.07, 6.45) is 0. The first-order valence-electron chi connectivity index (χ1n) is 6.75. The molecule has 5 nitrogen and oxygen atoms in total. The maximum atomic E-state index is 13.4. The highest BCUT2D eigenvalue weighted by molar-refractivity contribution is 5.71. The topological polar surface area (TPSA) is 77.0 Å². The molecule has 0 aliphatic heterocycles. The summed E-state index contributed by atoms with van der Waals surface area (Å²) >= 11 is 0. The van der Waals surface area contributed by atoms with Crippen LogP contribution in [0.2, 0.25) is 0 Å². The molecule has 3 aromatic rings. The molecule has 0 atom stereocenters. The molecule has 0 saturated heterocycles. The molecule has 6 heteroatoms. The number of halogens is 1. The first-order chi connectivity index (χ1) is 10.5. The van der Waals surface area contributed by atoms with Crippen LogP contribution in [0.1, 0.15) is 11.1 Å². The van der Waals surface area contributed by atoms with Crippen molar-refractivity contribution in [2.75, 3.05) is 5.73 Å². The van der Waals surface area contributed by atoms with E-state index >= 15 is 0 Å². The lowest BCUT2D eigenvalue weighted by molar-refractivity contribution is 0.474. The smallest absolute Gasteiger partial charge is 0.155 e. The predicted octanol–water partition coefficient (Wildman–Crippen LogP) is 2.98. The monoisotopic (exact) mass is 298 g/mol. The van der Waals surface area contributed by atoms with Gasteiger partial charge in [-0.25, -0.2) is 4.39 Å². The molecule has 0 spiro atoms. The molecule has 112 valence electrons. The number of nitrogens with zero attached hydrogens (tertiary/aromatic N) is 3. The van der Waals surface area contributed by atoms with Gasteiger partial charge in [0.05, 0.1) is 5.69 Å². The summed E-state index contributed by atoms with van der Waals surface area (Å²) in [6, 6.07) is 9.59. The summed E-state index contributed by atoms with van der Waals surface area (Å²) in [4.78, 5) is 0. The van der Waals surface area contributed by atoms with Gasteiger partial charge in [-0.05, 0) is 61.4 Å². The zero-order valence-corrected chi connectivity index (χ0v) is 12.2. The highest BCUT2D eigenvalue weighted by atomic mass is 19.1. The van der Waals surface area contributed by atoms with Crippen LogP contribution in [-0.2, 0) is 0 Å². The van der Waals surface area contributed by atoms with E-state index in [1.807, 2.05) is 6.92 Å². The summed E-state index contributed by atoms with van der Waals surface area (Å²) in [7, 11) is 0. The van der Waals surface area contributed by atoms with Crippen molar-refractivity contribution in [3.05, 3.63) is 53.3 Å². The Morgan fingerprint density at radius 2 is 1.86 bits per heavy atom. The Labute approximate surface area is 126 Å². The Balaban J connectivity index is 2.10. The minimum absolute atomic E-state index is 0.175. The Kier molecular flexibility index (Phi) is 3.29. The van der Waals surface area contributed by atoms with Crippen molar-refractivity contribution in [2.24, 2.45) is 0 Å². The molecule has 3 N–H and O–H groups in total. The van der Waals surface area contributed by atoms with Crippen molar-refractivity contribution in [2.45, 2.75) is 13.8 Å². The van der Waals surface area contributed by atoms with Gasteiger partial charge in [0.1, 0.15) is 17.3 Å². The maximum Gasteiger partial charge on any atom is 0.155 e. The Bertz CT molecular complexity index is 857. The number of nitrogens with two attached hydrogens (primary N) is 1. The predicted molar refractivity (Wildman–Crippen MR) is 82.3 cm³/mol. The number of aryl methyl sites for hydroxylation is 2. The van der Waals surface area contributed by atoms with E-state index < -0.39 is 0 Å². The number of hydrogen-bond donors (Lipinski definition) is 2. The van der Waals surface area contributed by atoms with Crippen molar-refractivity contribution in [3.8, 4) is 22.7 Å². The van der Waals surface area contributed by atoms with Crippen LogP contribution < -0.4 is 5.73 Å². The minimum atomic E-state index is -0.274. The van der Waals surface area contributed by atoms with E-state index in [-0.39, 0.29) is 11.6 Å². The lowest BCUT2D eigenvalue weighted by Crippen LogP contribution is -2.04. The summed E-state index contributed by atoms with van der Waals surface area (Å²) < 4.78 is 14.9. The minimum Gasteiger partial charge on any atom is -0.508 e. The fourth-order valence-electron chi connectivity index (χ4n) is 2.34. The second-order valence-electron chi connectivity index (χ2n) is 5.17.